The molecule has 4 unspecified atom stereocenters. The molecule has 2 aliphatic rings. The second-order valence-electron chi connectivity index (χ2n) is 6.71. The van der Waals surface area contributed by atoms with Crippen LogP contribution in [-0.4, -0.2) is 47.6 Å². The maximum Gasteiger partial charge on any atom is 0.304 e. The van der Waals surface area contributed by atoms with E-state index >= 15 is 0 Å². The summed E-state index contributed by atoms with van der Waals surface area (Å²) in [5, 5.41) is 11.8. The number of likely N-dealkylation sites (N-methyl/N-ethyl adjacent to an activating group) is 1. The smallest absolute Gasteiger partial charge is 0.304 e. The quantitative estimate of drug-likeness (QED) is 0.715. The summed E-state index contributed by atoms with van der Waals surface area (Å²) >= 11 is 0. The van der Waals surface area contributed by atoms with Crippen LogP contribution in [0.2, 0.25) is 0 Å². The first-order chi connectivity index (χ1) is 9.99. The molecule has 2 bridgehead atoms. The van der Waals surface area contributed by atoms with Crippen molar-refractivity contribution in [1.29, 1.82) is 0 Å². The predicted molar refractivity (Wildman–Crippen MR) is 80.9 cm³/mol. The molecular formula is C16H28N2O3. The third-order valence-electron chi connectivity index (χ3n) is 5.28. The maximum absolute atomic E-state index is 12.1. The SMILES string of the molecule is CCN(CCC(=O)O)CC(=O)NC(C)C1CC2CCC1C2. The normalized spacial score (nSPS) is 28.8. The summed E-state index contributed by atoms with van der Waals surface area (Å²) in [5.74, 6) is 1.55. The molecule has 0 spiro atoms. The number of hydrogen-bond donors (Lipinski definition) is 2. The van der Waals surface area contributed by atoms with Gasteiger partial charge in [0, 0.05) is 12.6 Å². The average Bonchev–Trinajstić information content (AvgIpc) is 3.05. The number of fused-ring (bicyclic) bond motifs is 2. The Bertz CT molecular complexity index is 386. The minimum atomic E-state index is -0.816. The van der Waals surface area contributed by atoms with Gasteiger partial charge in [0.25, 0.3) is 0 Å². The minimum Gasteiger partial charge on any atom is -0.481 e. The molecule has 4 atom stereocenters. The van der Waals surface area contributed by atoms with Crippen LogP contribution in [-0.2, 0) is 9.59 Å². The van der Waals surface area contributed by atoms with Gasteiger partial charge in [0.2, 0.25) is 5.91 Å². The molecule has 2 N–H and O–H groups in total. The largest absolute Gasteiger partial charge is 0.481 e. The van der Waals surface area contributed by atoms with Crippen molar-refractivity contribution in [2.75, 3.05) is 19.6 Å². The van der Waals surface area contributed by atoms with Crippen molar-refractivity contribution in [3.8, 4) is 0 Å². The van der Waals surface area contributed by atoms with Crippen LogP contribution >= 0.6 is 0 Å². The first-order valence-corrected chi connectivity index (χ1v) is 8.23. The van der Waals surface area contributed by atoms with Gasteiger partial charge in [0.1, 0.15) is 0 Å². The van der Waals surface area contributed by atoms with Crippen LogP contribution in [0.25, 0.3) is 0 Å². The predicted octanol–water partition coefficient (Wildman–Crippen LogP) is 1.72. The first kappa shape index (κ1) is 16.3. The lowest BCUT2D eigenvalue weighted by Gasteiger charge is -2.29. The van der Waals surface area contributed by atoms with E-state index < -0.39 is 5.97 Å². The Morgan fingerprint density at radius 3 is 2.62 bits per heavy atom. The molecule has 1 amide bonds. The molecule has 120 valence electrons. The standard InChI is InChI=1S/C16H28N2O3/c1-3-18(7-6-16(20)21)10-15(19)17-11(2)14-9-12-4-5-13(14)8-12/h11-14H,3-10H2,1-2H3,(H,17,19)(H,20,21). The Kier molecular flexibility index (Phi) is 5.62. The van der Waals surface area contributed by atoms with E-state index in [4.69, 9.17) is 5.11 Å². The monoisotopic (exact) mass is 296 g/mol. The number of carboxylic acids is 1. The van der Waals surface area contributed by atoms with Crippen LogP contribution in [0.4, 0.5) is 0 Å². The summed E-state index contributed by atoms with van der Waals surface area (Å²) in [6.07, 6.45) is 5.41. The lowest BCUT2D eigenvalue weighted by molar-refractivity contribution is -0.137. The van der Waals surface area contributed by atoms with E-state index in [9.17, 15) is 9.59 Å². The zero-order valence-electron chi connectivity index (χ0n) is 13.2. The van der Waals surface area contributed by atoms with E-state index in [-0.39, 0.29) is 18.4 Å². The highest BCUT2D eigenvalue weighted by Gasteiger charge is 2.42. The van der Waals surface area contributed by atoms with Crippen LogP contribution in [0.15, 0.2) is 0 Å². The number of rotatable bonds is 8. The summed E-state index contributed by atoms with van der Waals surface area (Å²) < 4.78 is 0. The summed E-state index contributed by atoms with van der Waals surface area (Å²) in [5.41, 5.74) is 0. The third-order valence-corrected chi connectivity index (χ3v) is 5.28. The topological polar surface area (TPSA) is 69.6 Å². The lowest BCUT2D eigenvalue weighted by Crippen LogP contribution is -2.45. The molecule has 0 aromatic carbocycles. The Morgan fingerprint density at radius 1 is 1.33 bits per heavy atom. The van der Waals surface area contributed by atoms with Gasteiger partial charge in [-0.3, -0.25) is 14.5 Å². The molecule has 2 rings (SSSR count). The van der Waals surface area contributed by atoms with E-state index in [0.29, 0.717) is 25.6 Å². The van der Waals surface area contributed by atoms with Crippen molar-refractivity contribution in [2.24, 2.45) is 17.8 Å². The van der Waals surface area contributed by atoms with Gasteiger partial charge in [-0.1, -0.05) is 13.3 Å². The molecule has 21 heavy (non-hydrogen) atoms. The van der Waals surface area contributed by atoms with Gasteiger partial charge in [-0.2, -0.15) is 0 Å². The van der Waals surface area contributed by atoms with Crippen molar-refractivity contribution in [1.82, 2.24) is 10.2 Å². The highest BCUT2D eigenvalue weighted by Crippen LogP contribution is 2.49. The fourth-order valence-corrected chi connectivity index (χ4v) is 4.12. The van der Waals surface area contributed by atoms with E-state index in [1.165, 1.54) is 25.7 Å². The lowest BCUT2D eigenvalue weighted by atomic mass is 9.84. The second kappa shape index (κ2) is 7.25. The minimum absolute atomic E-state index is 0.0255. The van der Waals surface area contributed by atoms with Gasteiger partial charge in [-0.15, -0.1) is 0 Å². The van der Waals surface area contributed by atoms with Crippen LogP contribution < -0.4 is 5.32 Å². The van der Waals surface area contributed by atoms with E-state index in [1.807, 2.05) is 11.8 Å². The van der Waals surface area contributed by atoms with Gasteiger partial charge < -0.3 is 10.4 Å². The van der Waals surface area contributed by atoms with Gasteiger partial charge in [-0.05, 0) is 50.5 Å². The van der Waals surface area contributed by atoms with Gasteiger partial charge in [-0.25, -0.2) is 0 Å². The van der Waals surface area contributed by atoms with Gasteiger partial charge in [0.15, 0.2) is 0 Å². The average molecular weight is 296 g/mol. The molecule has 2 saturated carbocycles. The highest BCUT2D eigenvalue weighted by molar-refractivity contribution is 5.78. The van der Waals surface area contributed by atoms with Crippen LogP contribution in [0, 0.1) is 17.8 Å². The fraction of sp³-hybridized carbons (Fsp3) is 0.875. The fourth-order valence-electron chi connectivity index (χ4n) is 4.12. The number of hydrogen-bond acceptors (Lipinski definition) is 3. The van der Waals surface area contributed by atoms with Crippen molar-refractivity contribution in [2.45, 2.75) is 52.0 Å². The number of aliphatic carboxylic acids is 1. The molecular weight excluding hydrogens is 268 g/mol. The van der Waals surface area contributed by atoms with Crippen molar-refractivity contribution < 1.29 is 14.7 Å². The zero-order chi connectivity index (χ0) is 15.4. The molecule has 0 saturated heterocycles. The number of nitrogens with one attached hydrogen (secondary N) is 1. The molecule has 2 fully saturated rings. The Balaban J connectivity index is 1.74. The zero-order valence-corrected chi connectivity index (χ0v) is 13.2. The molecule has 0 radical (unpaired) electrons. The van der Waals surface area contributed by atoms with Crippen LogP contribution in [0.5, 0.6) is 0 Å². The number of nitrogens with zero attached hydrogens (tertiary/aromatic N) is 1. The van der Waals surface area contributed by atoms with Crippen molar-refractivity contribution in [3.05, 3.63) is 0 Å². The molecule has 0 aromatic heterocycles. The van der Waals surface area contributed by atoms with E-state index in [2.05, 4.69) is 12.2 Å². The number of carboxylic acid groups (broad SMARTS) is 1. The number of carbonyl (C=O) groups excluding carboxylic acids is 1. The van der Waals surface area contributed by atoms with E-state index in [0.717, 1.165) is 11.8 Å². The summed E-state index contributed by atoms with van der Waals surface area (Å²) in [6, 6.07) is 0.242. The van der Waals surface area contributed by atoms with Gasteiger partial charge >= 0.3 is 5.97 Å². The maximum atomic E-state index is 12.1. The first-order valence-electron chi connectivity index (χ1n) is 8.23. The second-order valence-corrected chi connectivity index (χ2v) is 6.71. The third kappa shape index (κ3) is 4.43. The Morgan fingerprint density at radius 2 is 2.10 bits per heavy atom. The van der Waals surface area contributed by atoms with Crippen LogP contribution in [0.3, 0.4) is 0 Å². The Labute approximate surface area is 127 Å². The Hall–Kier alpha value is -1.10. The highest BCUT2D eigenvalue weighted by atomic mass is 16.4. The molecule has 2 aliphatic carbocycles. The number of amides is 1. The summed E-state index contributed by atoms with van der Waals surface area (Å²) in [4.78, 5) is 24.6. The van der Waals surface area contributed by atoms with Crippen molar-refractivity contribution in [3.63, 3.8) is 0 Å². The van der Waals surface area contributed by atoms with Crippen molar-refractivity contribution >= 4 is 11.9 Å². The molecule has 0 heterocycles. The van der Waals surface area contributed by atoms with Crippen LogP contribution in [0.1, 0.15) is 46.0 Å². The van der Waals surface area contributed by atoms with E-state index in [1.54, 1.807) is 0 Å². The summed E-state index contributed by atoms with van der Waals surface area (Å²) in [6.45, 7) is 5.51. The van der Waals surface area contributed by atoms with Gasteiger partial charge in [0.05, 0.1) is 13.0 Å². The molecule has 5 heteroatoms. The molecule has 0 aliphatic heterocycles. The summed E-state index contributed by atoms with van der Waals surface area (Å²) in [7, 11) is 0. The molecule has 0 aromatic rings. The number of carbonyl (C=O) groups is 2. The molecule has 5 nitrogen and oxygen atoms in total.